The highest BCUT2D eigenvalue weighted by Crippen LogP contribution is 2.49. The maximum atomic E-state index is 12.6. The first-order valence-corrected chi connectivity index (χ1v) is 7.60. The minimum absolute atomic E-state index is 0.154. The van der Waals surface area contributed by atoms with Crippen LogP contribution in [-0.2, 0) is 11.2 Å². The normalized spacial score (nSPS) is 38.9. The molecule has 0 aliphatic heterocycles. The van der Waals surface area contributed by atoms with E-state index in [0.717, 1.165) is 12.8 Å². The van der Waals surface area contributed by atoms with Crippen molar-refractivity contribution < 1.29 is 4.79 Å². The van der Waals surface area contributed by atoms with Crippen LogP contribution in [0.15, 0.2) is 24.3 Å². The standard InChI is InChI=1S/C17H21NO/c18-17-12-6-5-11(8-12)16(17)15(19)9-13-7-10-3-1-2-4-14(10)13/h1-4,11-13,16-17H,5-9,18H2. The third kappa shape index (κ3) is 1.69. The van der Waals surface area contributed by atoms with Crippen LogP contribution < -0.4 is 5.73 Å². The maximum Gasteiger partial charge on any atom is 0.138 e. The molecule has 0 radical (unpaired) electrons. The Morgan fingerprint density at radius 1 is 1.21 bits per heavy atom. The molecular formula is C17H21NO. The third-order valence-electron chi connectivity index (χ3n) is 5.76. The van der Waals surface area contributed by atoms with Gasteiger partial charge in [-0.25, -0.2) is 0 Å². The van der Waals surface area contributed by atoms with E-state index < -0.39 is 0 Å². The predicted molar refractivity (Wildman–Crippen MR) is 74.8 cm³/mol. The minimum atomic E-state index is 0.154. The molecule has 5 unspecified atom stereocenters. The first kappa shape index (κ1) is 11.7. The zero-order chi connectivity index (χ0) is 13.0. The molecule has 0 spiro atoms. The van der Waals surface area contributed by atoms with Gasteiger partial charge >= 0.3 is 0 Å². The highest BCUT2D eigenvalue weighted by Gasteiger charge is 2.49. The van der Waals surface area contributed by atoms with Gasteiger partial charge in [-0.05, 0) is 54.6 Å². The Kier molecular flexibility index (Phi) is 2.56. The van der Waals surface area contributed by atoms with Crippen LogP contribution >= 0.6 is 0 Å². The fourth-order valence-electron chi connectivity index (χ4n) is 4.74. The SMILES string of the molecule is NC1C2CCC(C2)C1C(=O)CC1Cc2ccccc21. The summed E-state index contributed by atoms with van der Waals surface area (Å²) in [5, 5.41) is 0. The second-order valence-electron chi connectivity index (χ2n) is 6.71. The second-order valence-corrected chi connectivity index (χ2v) is 6.71. The van der Waals surface area contributed by atoms with Crippen LogP contribution in [-0.4, -0.2) is 11.8 Å². The van der Waals surface area contributed by atoms with Crippen LogP contribution in [0.3, 0.4) is 0 Å². The van der Waals surface area contributed by atoms with Gasteiger partial charge < -0.3 is 5.73 Å². The van der Waals surface area contributed by atoms with Crippen LogP contribution in [0.1, 0.15) is 42.7 Å². The highest BCUT2D eigenvalue weighted by molar-refractivity contribution is 5.84. The van der Waals surface area contributed by atoms with E-state index in [0.29, 0.717) is 23.5 Å². The minimum Gasteiger partial charge on any atom is -0.327 e. The lowest BCUT2D eigenvalue weighted by Crippen LogP contribution is -2.41. The third-order valence-corrected chi connectivity index (χ3v) is 5.76. The highest BCUT2D eigenvalue weighted by atomic mass is 16.1. The molecule has 2 N–H and O–H groups in total. The molecule has 4 rings (SSSR count). The number of rotatable bonds is 3. The molecule has 2 bridgehead atoms. The Hall–Kier alpha value is -1.15. The van der Waals surface area contributed by atoms with Gasteiger partial charge in [-0.1, -0.05) is 24.3 Å². The molecule has 2 nitrogen and oxygen atoms in total. The molecule has 0 aromatic heterocycles. The first-order valence-electron chi connectivity index (χ1n) is 7.60. The van der Waals surface area contributed by atoms with Gasteiger partial charge in [-0.15, -0.1) is 0 Å². The summed E-state index contributed by atoms with van der Waals surface area (Å²) in [5.41, 5.74) is 9.10. The fourth-order valence-corrected chi connectivity index (χ4v) is 4.74. The summed E-state index contributed by atoms with van der Waals surface area (Å²) in [6, 6.07) is 8.68. The molecule has 19 heavy (non-hydrogen) atoms. The Morgan fingerprint density at radius 3 is 2.74 bits per heavy atom. The lowest BCUT2D eigenvalue weighted by molar-refractivity contribution is -0.125. The molecule has 0 amide bonds. The Morgan fingerprint density at radius 2 is 2.00 bits per heavy atom. The van der Waals surface area contributed by atoms with Gasteiger partial charge in [0.25, 0.3) is 0 Å². The van der Waals surface area contributed by atoms with Crippen LogP contribution in [0.2, 0.25) is 0 Å². The van der Waals surface area contributed by atoms with Crippen molar-refractivity contribution in [2.45, 2.75) is 44.1 Å². The van der Waals surface area contributed by atoms with Crippen molar-refractivity contribution >= 4 is 5.78 Å². The molecule has 2 saturated carbocycles. The van der Waals surface area contributed by atoms with Crippen LogP contribution in [0.25, 0.3) is 0 Å². The molecule has 5 atom stereocenters. The summed E-state index contributed by atoms with van der Waals surface area (Å²) >= 11 is 0. The number of ketones is 1. The summed E-state index contributed by atoms with van der Waals surface area (Å²) < 4.78 is 0. The number of Topliss-reactive ketones (excluding diaryl/α,β-unsaturated/α-hetero) is 1. The van der Waals surface area contributed by atoms with Gasteiger partial charge in [-0.2, -0.15) is 0 Å². The second kappa shape index (κ2) is 4.17. The Balaban J connectivity index is 1.46. The molecule has 3 aliphatic carbocycles. The number of hydrogen-bond donors (Lipinski definition) is 1. The maximum absolute atomic E-state index is 12.6. The lowest BCUT2D eigenvalue weighted by atomic mass is 9.72. The van der Waals surface area contributed by atoms with Crippen molar-refractivity contribution in [3.05, 3.63) is 35.4 Å². The van der Waals surface area contributed by atoms with E-state index in [4.69, 9.17) is 5.73 Å². The van der Waals surface area contributed by atoms with Crippen LogP contribution in [0.4, 0.5) is 0 Å². The summed E-state index contributed by atoms with van der Waals surface area (Å²) in [7, 11) is 0. The zero-order valence-electron chi connectivity index (χ0n) is 11.2. The molecule has 2 heteroatoms. The smallest absolute Gasteiger partial charge is 0.138 e. The molecule has 2 fully saturated rings. The number of nitrogens with two attached hydrogens (primary N) is 1. The van der Waals surface area contributed by atoms with E-state index in [1.807, 2.05) is 0 Å². The first-order chi connectivity index (χ1) is 9.24. The van der Waals surface area contributed by atoms with E-state index >= 15 is 0 Å². The molecule has 0 saturated heterocycles. The number of carbonyl (C=O) groups is 1. The Labute approximate surface area is 114 Å². The Bertz CT molecular complexity index is 522. The topological polar surface area (TPSA) is 43.1 Å². The lowest BCUT2D eigenvalue weighted by Gasteiger charge is -2.33. The van der Waals surface area contributed by atoms with Crippen molar-refractivity contribution in [1.82, 2.24) is 0 Å². The monoisotopic (exact) mass is 255 g/mol. The summed E-state index contributed by atoms with van der Waals surface area (Å²) in [6.07, 6.45) is 5.49. The van der Waals surface area contributed by atoms with E-state index in [9.17, 15) is 4.79 Å². The molecule has 0 heterocycles. The molecular weight excluding hydrogens is 234 g/mol. The fraction of sp³-hybridized carbons (Fsp3) is 0.588. The zero-order valence-corrected chi connectivity index (χ0v) is 11.2. The van der Waals surface area contributed by atoms with Gasteiger partial charge in [-0.3, -0.25) is 4.79 Å². The van der Waals surface area contributed by atoms with Crippen molar-refractivity contribution in [2.24, 2.45) is 23.5 Å². The van der Waals surface area contributed by atoms with Gasteiger partial charge in [0.05, 0.1) is 0 Å². The van der Waals surface area contributed by atoms with Crippen LogP contribution in [0, 0.1) is 17.8 Å². The molecule has 1 aromatic rings. The molecule has 1 aromatic carbocycles. The average Bonchev–Trinajstić information content (AvgIpc) is 2.96. The van der Waals surface area contributed by atoms with Gasteiger partial charge in [0.15, 0.2) is 0 Å². The summed E-state index contributed by atoms with van der Waals surface area (Å²) in [5.74, 6) is 2.32. The molecule has 100 valence electrons. The van der Waals surface area contributed by atoms with Gasteiger partial charge in [0, 0.05) is 18.4 Å². The predicted octanol–water partition coefficient (Wildman–Crippen LogP) is 2.66. The van der Waals surface area contributed by atoms with Crippen molar-refractivity contribution in [3.8, 4) is 0 Å². The van der Waals surface area contributed by atoms with Gasteiger partial charge in [0.2, 0.25) is 0 Å². The van der Waals surface area contributed by atoms with E-state index in [1.54, 1.807) is 0 Å². The van der Waals surface area contributed by atoms with Crippen molar-refractivity contribution in [2.75, 3.05) is 0 Å². The number of carbonyl (C=O) groups excluding carboxylic acids is 1. The van der Waals surface area contributed by atoms with E-state index in [1.165, 1.54) is 30.4 Å². The van der Waals surface area contributed by atoms with Crippen molar-refractivity contribution in [3.63, 3.8) is 0 Å². The quantitative estimate of drug-likeness (QED) is 0.902. The number of benzene rings is 1. The number of hydrogen-bond acceptors (Lipinski definition) is 2. The number of fused-ring (bicyclic) bond motifs is 3. The van der Waals surface area contributed by atoms with E-state index in [-0.39, 0.29) is 12.0 Å². The van der Waals surface area contributed by atoms with Crippen molar-refractivity contribution in [1.29, 1.82) is 0 Å². The summed E-state index contributed by atoms with van der Waals surface area (Å²) in [6.45, 7) is 0. The molecule has 3 aliphatic rings. The largest absolute Gasteiger partial charge is 0.327 e. The summed E-state index contributed by atoms with van der Waals surface area (Å²) in [4.78, 5) is 12.6. The van der Waals surface area contributed by atoms with Gasteiger partial charge in [0.1, 0.15) is 5.78 Å². The van der Waals surface area contributed by atoms with E-state index in [2.05, 4.69) is 24.3 Å². The average molecular weight is 255 g/mol. The van der Waals surface area contributed by atoms with Crippen LogP contribution in [0.5, 0.6) is 0 Å².